The lowest BCUT2D eigenvalue weighted by atomic mass is 10.1. The van der Waals surface area contributed by atoms with E-state index in [-0.39, 0.29) is 18.2 Å². The van der Waals surface area contributed by atoms with E-state index in [0.717, 1.165) is 18.5 Å². The van der Waals surface area contributed by atoms with Gasteiger partial charge in [0.25, 0.3) is 0 Å². The first kappa shape index (κ1) is 12.8. The Kier molecular flexibility index (Phi) is 3.24. The Morgan fingerprint density at radius 3 is 2.61 bits per heavy atom. The van der Waals surface area contributed by atoms with Gasteiger partial charge in [-0.15, -0.1) is 0 Å². The monoisotopic (exact) mass is 250 g/mol. The standard InChI is InChI=1S/C13H18N2O3/c1-7-11(6-12(16)17)9(3)15(13(18)14-7)8(2)10-4-5-10/h8,10H,4-6H2,1-3H3,(H,16,17). The molecule has 0 amide bonds. The number of nitrogens with zero attached hydrogens (tertiary/aromatic N) is 2. The molecule has 1 aromatic rings. The molecule has 1 fully saturated rings. The zero-order valence-electron chi connectivity index (χ0n) is 10.9. The second kappa shape index (κ2) is 4.55. The molecule has 0 saturated heterocycles. The summed E-state index contributed by atoms with van der Waals surface area (Å²) < 4.78 is 1.66. The van der Waals surface area contributed by atoms with Crippen molar-refractivity contribution in [3.05, 3.63) is 27.4 Å². The highest BCUT2D eigenvalue weighted by molar-refractivity contribution is 5.70. The first-order chi connectivity index (χ1) is 8.41. The average molecular weight is 250 g/mol. The van der Waals surface area contributed by atoms with Crippen molar-refractivity contribution in [2.24, 2.45) is 5.92 Å². The Balaban J connectivity index is 2.51. The van der Waals surface area contributed by atoms with E-state index in [0.29, 0.717) is 17.2 Å². The van der Waals surface area contributed by atoms with Gasteiger partial charge in [0.2, 0.25) is 0 Å². The lowest BCUT2D eigenvalue weighted by molar-refractivity contribution is -0.136. The number of carboxylic acid groups (broad SMARTS) is 1. The molecule has 98 valence electrons. The highest BCUT2D eigenvalue weighted by Crippen LogP contribution is 2.39. The smallest absolute Gasteiger partial charge is 0.348 e. The Hall–Kier alpha value is -1.65. The van der Waals surface area contributed by atoms with Crippen molar-refractivity contribution in [1.82, 2.24) is 9.55 Å². The summed E-state index contributed by atoms with van der Waals surface area (Å²) in [6.07, 6.45) is 2.19. The Bertz CT molecular complexity index is 544. The van der Waals surface area contributed by atoms with Gasteiger partial charge in [0, 0.05) is 23.0 Å². The van der Waals surface area contributed by atoms with Crippen LogP contribution in [0.3, 0.4) is 0 Å². The molecule has 0 radical (unpaired) electrons. The molecule has 0 aromatic carbocycles. The zero-order chi connectivity index (χ0) is 13.4. The number of carbonyl (C=O) groups is 1. The van der Waals surface area contributed by atoms with E-state index in [1.165, 1.54) is 0 Å². The highest BCUT2D eigenvalue weighted by Gasteiger charge is 2.31. The minimum atomic E-state index is -0.896. The first-order valence-corrected chi connectivity index (χ1v) is 6.22. The minimum absolute atomic E-state index is 0.0810. The average Bonchev–Trinajstić information content (AvgIpc) is 3.07. The van der Waals surface area contributed by atoms with Crippen LogP contribution in [-0.4, -0.2) is 20.6 Å². The number of hydrogen-bond acceptors (Lipinski definition) is 3. The molecule has 0 aliphatic heterocycles. The molecule has 1 N–H and O–H groups in total. The summed E-state index contributed by atoms with van der Waals surface area (Å²) in [5.74, 6) is -0.365. The summed E-state index contributed by atoms with van der Waals surface area (Å²) in [5.41, 5.74) is 1.67. The van der Waals surface area contributed by atoms with Crippen LogP contribution < -0.4 is 5.69 Å². The quantitative estimate of drug-likeness (QED) is 0.878. The maximum absolute atomic E-state index is 12.0. The summed E-state index contributed by atoms with van der Waals surface area (Å²) >= 11 is 0. The maximum atomic E-state index is 12.0. The number of rotatable bonds is 4. The molecule has 1 unspecified atom stereocenters. The molecule has 5 nitrogen and oxygen atoms in total. The molecule has 1 saturated carbocycles. The maximum Gasteiger partial charge on any atom is 0.348 e. The van der Waals surface area contributed by atoms with Crippen molar-refractivity contribution in [3.8, 4) is 0 Å². The van der Waals surface area contributed by atoms with Crippen LogP contribution in [0.5, 0.6) is 0 Å². The van der Waals surface area contributed by atoms with Gasteiger partial charge in [-0.3, -0.25) is 9.36 Å². The van der Waals surface area contributed by atoms with Crippen LogP contribution in [0.1, 0.15) is 42.8 Å². The molecule has 18 heavy (non-hydrogen) atoms. The van der Waals surface area contributed by atoms with Gasteiger partial charge >= 0.3 is 11.7 Å². The van der Waals surface area contributed by atoms with Gasteiger partial charge in [0.1, 0.15) is 0 Å². The third kappa shape index (κ3) is 2.30. The lowest BCUT2D eigenvalue weighted by Gasteiger charge is -2.20. The van der Waals surface area contributed by atoms with Crippen molar-refractivity contribution in [3.63, 3.8) is 0 Å². The molecule has 0 bridgehead atoms. The van der Waals surface area contributed by atoms with Gasteiger partial charge in [-0.2, -0.15) is 4.98 Å². The van der Waals surface area contributed by atoms with Gasteiger partial charge in [-0.25, -0.2) is 4.79 Å². The topological polar surface area (TPSA) is 72.2 Å². The van der Waals surface area contributed by atoms with Crippen LogP contribution in [0.2, 0.25) is 0 Å². The van der Waals surface area contributed by atoms with Gasteiger partial charge in [-0.05, 0) is 39.5 Å². The fraction of sp³-hybridized carbons (Fsp3) is 0.615. The van der Waals surface area contributed by atoms with Crippen molar-refractivity contribution in [2.75, 3.05) is 0 Å². The van der Waals surface area contributed by atoms with Crippen LogP contribution in [0, 0.1) is 19.8 Å². The van der Waals surface area contributed by atoms with Crippen molar-refractivity contribution in [1.29, 1.82) is 0 Å². The summed E-state index contributed by atoms with van der Waals surface area (Å²) in [7, 11) is 0. The van der Waals surface area contributed by atoms with E-state index in [9.17, 15) is 9.59 Å². The van der Waals surface area contributed by atoms with E-state index in [1.54, 1.807) is 11.5 Å². The van der Waals surface area contributed by atoms with E-state index in [2.05, 4.69) is 4.98 Å². The molecule has 1 heterocycles. The van der Waals surface area contributed by atoms with Crippen molar-refractivity contribution < 1.29 is 9.90 Å². The van der Waals surface area contributed by atoms with E-state index < -0.39 is 5.97 Å². The summed E-state index contributed by atoms with van der Waals surface area (Å²) in [6.45, 7) is 5.51. The van der Waals surface area contributed by atoms with Crippen LogP contribution in [0.25, 0.3) is 0 Å². The predicted molar refractivity (Wildman–Crippen MR) is 66.7 cm³/mol. The van der Waals surface area contributed by atoms with E-state index >= 15 is 0 Å². The Morgan fingerprint density at radius 1 is 1.50 bits per heavy atom. The summed E-state index contributed by atoms with van der Waals surface area (Å²) in [5, 5.41) is 8.92. The number of aromatic nitrogens is 2. The fourth-order valence-corrected chi connectivity index (χ4v) is 2.49. The third-order valence-corrected chi connectivity index (χ3v) is 3.74. The first-order valence-electron chi connectivity index (χ1n) is 6.22. The molecular weight excluding hydrogens is 232 g/mol. The molecule has 1 aromatic heterocycles. The van der Waals surface area contributed by atoms with Crippen LogP contribution in [-0.2, 0) is 11.2 Å². The SMILES string of the molecule is Cc1nc(=O)n(C(C)C2CC2)c(C)c1CC(=O)O. The van der Waals surface area contributed by atoms with Crippen LogP contribution in [0.4, 0.5) is 0 Å². The number of aliphatic carboxylic acids is 1. The van der Waals surface area contributed by atoms with E-state index in [4.69, 9.17) is 5.11 Å². The third-order valence-electron chi connectivity index (χ3n) is 3.74. The number of hydrogen-bond donors (Lipinski definition) is 1. The Morgan fingerprint density at radius 2 is 2.11 bits per heavy atom. The normalized spacial score (nSPS) is 16.6. The van der Waals surface area contributed by atoms with Gasteiger partial charge in [-0.1, -0.05) is 0 Å². The fourth-order valence-electron chi connectivity index (χ4n) is 2.49. The highest BCUT2D eigenvalue weighted by atomic mass is 16.4. The molecule has 1 aliphatic rings. The minimum Gasteiger partial charge on any atom is -0.481 e. The molecule has 1 atom stereocenters. The van der Waals surface area contributed by atoms with Crippen molar-refractivity contribution >= 4 is 5.97 Å². The van der Waals surface area contributed by atoms with Crippen LogP contribution >= 0.6 is 0 Å². The number of carboxylic acids is 1. The molecular formula is C13H18N2O3. The lowest BCUT2D eigenvalue weighted by Crippen LogP contribution is -2.31. The van der Waals surface area contributed by atoms with E-state index in [1.807, 2.05) is 13.8 Å². The van der Waals surface area contributed by atoms with Crippen molar-refractivity contribution in [2.45, 2.75) is 46.1 Å². The Labute approximate surface area is 105 Å². The van der Waals surface area contributed by atoms with Gasteiger partial charge < -0.3 is 5.11 Å². The predicted octanol–water partition coefficient (Wildman–Crippen LogP) is 1.46. The molecule has 5 heteroatoms. The summed E-state index contributed by atoms with van der Waals surface area (Å²) in [4.78, 5) is 26.8. The number of aryl methyl sites for hydroxylation is 1. The van der Waals surface area contributed by atoms with Gasteiger partial charge in [0.15, 0.2) is 0 Å². The largest absolute Gasteiger partial charge is 0.481 e. The van der Waals surface area contributed by atoms with Gasteiger partial charge in [0.05, 0.1) is 6.42 Å². The molecule has 2 rings (SSSR count). The second-order valence-electron chi connectivity index (χ2n) is 5.06. The zero-order valence-corrected chi connectivity index (χ0v) is 10.9. The second-order valence-corrected chi connectivity index (χ2v) is 5.06. The van der Waals surface area contributed by atoms with Crippen LogP contribution in [0.15, 0.2) is 4.79 Å². The molecule has 0 spiro atoms. The summed E-state index contributed by atoms with van der Waals surface area (Å²) in [6, 6.07) is 0.109. The molecule has 1 aliphatic carbocycles.